The van der Waals surface area contributed by atoms with E-state index in [0.29, 0.717) is 41.3 Å². The third-order valence-corrected chi connectivity index (χ3v) is 4.86. The number of aromatic nitrogens is 4. The van der Waals surface area contributed by atoms with Crippen LogP contribution in [0.15, 0.2) is 60.7 Å². The molecule has 0 radical (unpaired) electrons. The summed E-state index contributed by atoms with van der Waals surface area (Å²) in [5.74, 6) is 1.97. The van der Waals surface area contributed by atoms with Gasteiger partial charge in [0.1, 0.15) is 18.1 Å². The number of carbonyl (C=O) groups excluding carboxylic acids is 1. The molecule has 2 aromatic carbocycles. The summed E-state index contributed by atoms with van der Waals surface area (Å²) < 4.78 is 18.1. The molecule has 2 aromatic heterocycles. The highest BCUT2D eigenvalue weighted by Gasteiger charge is 2.13. The second kappa shape index (κ2) is 10.6. The van der Waals surface area contributed by atoms with E-state index in [0.717, 1.165) is 11.3 Å². The quantitative estimate of drug-likeness (QED) is 0.357. The first-order valence-corrected chi connectivity index (χ1v) is 10.7. The lowest BCUT2D eigenvalue weighted by Crippen LogP contribution is -2.32. The van der Waals surface area contributed by atoms with Crippen LogP contribution in [-0.2, 0) is 4.79 Å². The Labute approximate surface area is 195 Å². The van der Waals surface area contributed by atoms with Crippen molar-refractivity contribution >= 4 is 23.2 Å². The number of fused-ring (bicyclic) bond motifs is 1. The zero-order valence-corrected chi connectivity index (χ0v) is 18.7. The van der Waals surface area contributed by atoms with Gasteiger partial charge >= 0.3 is 0 Å². The third kappa shape index (κ3) is 5.69. The topological polar surface area (TPSA) is 99.9 Å². The number of rotatable bonds is 10. The number of benzene rings is 2. The van der Waals surface area contributed by atoms with Crippen LogP contribution in [0.25, 0.3) is 17.0 Å². The molecule has 33 heavy (non-hydrogen) atoms. The molecule has 0 aliphatic rings. The number of nitrogens with zero attached hydrogens (tertiary/aromatic N) is 4. The van der Waals surface area contributed by atoms with Gasteiger partial charge in [-0.05, 0) is 49.4 Å². The van der Waals surface area contributed by atoms with Crippen LogP contribution in [0.2, 0.25) is 5.02 Å². The van der Waals surface area contributed by atoms with Crippen LogP contribution in [0.1, 0.15) is 6.92 Å². The first-order chi connectivity index (χ1) is 16.1. The average molecular weight is 468 g/mol. The van der Waals surface area contributed by atoms with Gasteiger partial charge in [-0.15, -0.1) is 15.3 Å². The molecule has 0 unspecified atom stereocenters. The Bertz CT molecular complexity index is 1230. The molecule has 4 rings (SSSR count). The van der Waals surface area contributed by atoms with Gasteiger partial charge < -0.3 is 19.5 Å². The third-order valence-electron chi connectivity index (χ3n) is 4.53. The standard InChI is InChI=1S/C23H22ClN5O4/c1-2-31-16-7-9-17(10-8-16)33-15-21(30)25-13-14-32-22-12-11-20-26-27-23(29(20)28-22)18-5-3-4-6-19(18)24/h3-12H,2,13-15H2,1H3,(H,25,30). The number of hydrogen-bond acceptors (Lipinski definition) is 7. The van der Waals surface area contributed by atoms with Gasteiger partial charge in [-0.1, -0.05) is 23.7 Å². The molecule has 4 aromatic rings. The molecule has 0 bridgehead atoms. The Morgan fingerprint density at radius 1 is 0.970 bits per heavy atom. The molecule has 0 atom stereocenters. The fourth-order valence-electron chi connectivity index (χ4n) is 3.00. The van der Waals surface area contributed by atoms with Crippen LogP contribution in [0.5, 0.6) is 17.4 Å². The van der Waals surface area contributed by atoms with Crippen molar-refractivity contribution in [1.29, 1.82) is 0 Å². The largest absolute Gasteiger partial charge is 0.494 e. The van der Waals surface area contributed by atoms with Crippen LogP contribution in [0.3, 0.4) is 0 Å². The van der Waals surface area contributed by atoms with Gasteiger partial charge in [0, 0.05) is 11.6 Å². The maximum Gasteiger partial charge on any atom is 0.258 e. The molecule has 0 aliphatic heterocycles. The number of hydrogen-bond donors (Lipinski definition) is 1. The lowest BCUT2D eigenvalue weighted by atomic mass is 10.2. The molecule has 1 amide bonds. The minimum atomic E-state index is -0.254. The number of carbonyl (C=O) groups is 1. The van der Waals surface area contributed by atoms with Crippen LogP contribution < -0.4 is 19.5 Å². The molecule has 0 saturated carbocycles. The molecular formula is C23H22ClN5O4. The zero-order chi connectivity index (χ0) is 23.0. The van der Waals surface area contributed by atoms with Crippen molar-refractivity contribution in [3.63, 3.8) is 0 Å². The van der Waals surface area contributed by atoms with Crippen molar-refractivity contribution in [2.45, 2.75) is 6.92 Å². The predicted octanol–water partition coefficient (Wildman–Crippen LogP) is 3.42. The van der Waals surface area contributed by atoms with E-state index in [2.05, 4.69) is 20.6 Å². The monoisotopic (exact) mass is 467 g/mol. The van der Waals surface area contributed by atoms with Gasteiger partial charge in [0.25, 0.3) is 5.91 Å². The Hall–Kier alpha value is -3.85. The molecule has 10 heteroatoms. The van der Waals surface area contributed by atoms with E-state index >= 15 is 0 Å². The highest BCUT2D eigenvalue weighted by atomic mass is 35.5. The van der Waals surface area contributed by atoms with E-state index in [4.69, 9.17) is 25.8 Å². The van der Waals surface area contributed by atoms with E-state index in [9.17, 15) is 4.79 Å². The summed E-state index contributed by atoms with van der Waals surface area (Å²) >= 11 is 6.28. The highest BCUT2D eigenvalue weighted by molar-refractivity contribution is 6.33. The van der Waals surface area contributed by atoms with Crippen molar-refractivity contribution in [2.75, 3.05) is 26.4 Å². The van der Waals surface area contributed by atoms with Gasteiger partial charge in [0.15, 0.2) is 18.1 Å². The van der Waals surface area contributed by atoms with E-state index in [-0.39, 0.29) is 19.1 Å². The molecule has 1 N–H and O–H groups in total. The number of nitrogens with one attached hydrogen (secondary N) is 1. The van der Waals surface area contributed by atoms with Crippen molar-refractivity contribution in [1.82, 2.24) is 25.1 Å². The van der Waals surface area contributed by atoms with E-state index < -0.39 is 0 Å². The number of halogens is 1. The Morgan fingerprint density at radius 3 is 2.48 bits per heavy atom. The number of amides is 1. The lowest BCUT2D eigenvalue weighted by molar-refractivity contribution is -0.123. The summed E-state index contributed by atoms with van der Waals surface area (Å²) in [6.45, 7) is 2.94. The molecule has 0 spiro atoms. The number of ether oxygens (including phenoxy) is 3. The summed E-state index contributed by atoms with van der Waals surface area (Å²) in [4.78, 5) is 12.0. The van der Waals surface area contributed by atoms with E-state index in [1.54, 1.807) is 47.0 Å². The Morgan fingerprint density at radius 2 is 1.73 bits per heavy atom. The fourth-order valence-corrected chi connectivity index (χ4v) is 3.22. The van der Waals surface area contributed by atoms with Crippen molar-refractivity contribution in [2.24, 2.45) is 0 Å². The molecule has 170 valence electrons. The first-order valence-electron chi connectivity index (χ1n) is 10.4. The van der Waals surface area contributed by atoms with Gasteiger partial charge in [-0.3, -0.25) is 4.79 Å². The summed E-state index contributed by atoms with van der Waals surface area (Å²) in [7, 11) is 0. The Balaban J connectivity index is 1.26. The van der Waals surface area contributed by atoms with Crippen LogP contribution >= 0.6 is 11.6 Å². The van der Waals surface area contributed by atoms with Crippen molar-refractivity contribution in [3.05, 3.63) is 65.7 Å². The maximum absolute atomic E-state index is 12.0. The molecule has 9 nitrogen and oxygen atoms in total. The summed E-state index contributed by atoms with van der Waals surface area (Å²) in [6.07, 6.45) is 0. The smallest absolute Gasteiger partial charge is 0.258 e. The molecular weight excluding hydrogens is 446 g/mol. The summed E-state index contributed by atoms with van der Waals surface area (Å²) in [5.41, 5.74) is 1.29. The van der Waals surface area contributed by atoms with Gasteiger partial charge in [-0.2, -0.15) is 4.52 Å². The summed E-state index contributed by atoms with van der Waals surface area (Å²) in [5, 5.41) is 16.0. The van der Waals surface area contributed by atoms with Crippen LogP contribution in [0.4, 0.5) is 0 Å². The SMILES string of the molecule is CCOc1ccc(OCC(=O)NCCOc2ccc3nnc(-c4ccccc4Cl)n3n2)cc1. The predicted molar refractivity (Wildman–Crippen MR) is 123 cm³/mol. The van der Waals surface area contributed by atoms with E-state index in [1.165, 1.54) is 0 Å². The second-order valence-corrected chi connectivity index (χ2v) is 7.24. The van der Waals surface area contributed by atoms with Crippen molar-refractivity contribution in [3.8, 4) is 28.8 Å². The fraction of sp³-hybridized carbons (Fsp3) is 0.217. The van der Waals surface area contributed by atoms with Crippen molar-refractivity contribution < 1.29 is 19.0 Å². The van der Waals surface area contributed by atoms with Gasteiger partial charge in [0.2, 0.25) is 5.88 Å². The molecule has 0 aliphatic carbocycles. The van der Waals surface area contributed by atoms with Crippen LogP contribution in [0, 0.1) is 0 Å². The van der Waals surface area contributed by atoms with E-state index in [1.807, 2.05) is 25.1 Å². The van der Waals surface area contributed by atoms with Gasteiger partial charge in [0.05, 0.1) is 18.2 Å². The zero-order valence-electron chi connectivity index (χ0n) is 17.9. The lowest BCUT2D eigenvalue weighted by Gasteiger charge is -2.09. The summed E-state index contributed by atoms with van der Waals surface area (Å²) in [6, 6.07) is 17.9. The highest BCUT2D eigenvalue weighted by Crippen LogP contribution is 2.26. The molecule has 0 saturated heterocycles. The normalized spacial score (nSPS) is 10.7. The first kappa shape index (κ1) is 22.3. The average Bonchev–Trinajstić information content (AvgIpc) is 3.25. The van der Waals surface area contributed by atoms with Gasteiger partial charge in [-0.25, -0.2) is 0 Å². The maximum atomic E-state index is 12.0. The minimum absolute atomic E-state index is 0.0971. The minimum Gasteiger partial charge on any atom is -0.494 e. The second-order valence-electron chi connectivity index (χ2n) is 6.84. The molecule has 0 fully saturated rings. The Kier molecular flexibility index (Phi) is 7.21. The van der Waals surface area contributed by atoms with Crippen LogP contribution in [-0.4, -0.2) is 52.1 Å². The molecule has 2 heterocycles.